The summed E-state index contributed by atoms with van der Waals surface area (Å²) in [5, 5.41) is 0. The highest BCUT2D eigenvalue weighted by Gasteiger charge is 2.30. The van der Waals surface area contributed by atoms with Crippen molar-refractivity contribution in [1.29, 1.82) is 0 Å². The molecule has 0 aromatic rings. The standard InChI is InChI=1S/C16H32O2/c1-7-14(8-2)13(4)12(3)9-15-17-10-16(5,6)11-18-15/h12-15H,7-11H2,1-6H3. The molecule has 0 saturated carbocycles. The van der Waals surface area contributed by atoms with Crippen molar-refractivity contribution < 1.29 is 9.47 Å². The molecule has 2 nitrogen and oxygen atoms in total. The summed E-state index contributed by atoms with van der Waals surface area (Å²) in [6.45, 7) is 15.4. The van der Waals surface area contributed by atoms with E-state index >= 15 is 0 Å². The molecule has 0 amide bonds. The Balaban J connectivity index is 2.38. The van der Waals surface area contributed by atoms with Crippen LogP contribution >= 0.6 is 0 Å². The van der Waals surface area contributed by atoms with Crippen LogP contribution in [0.2, 0.25) is 0 Å². The summed E-state index contributed by atoms with van der Waals surface area (Å²) in [6.07, 6.45) is 3.61. The Kier molecular flexibility index (Phi) is 6.13. The van der Waals surface area contributed by atoms with E-state index in [2.05, 4.69) is 41.5 Å². The lowest BCUT2D eigenvalue weighted by atomic mass is 9.79. The van der Waals surface area contributed by atoms with Crippen molar-refractivity contribution in [3.8, 4) is 0 Å². The van der Waals surface area contributed by atoms with Crippen molar-refractivity contribution in [2.45, 2.75) is 67.1 Å². The summed E-state index contributed by atoms with van der Waals surface area (Å²) in [5.74, 6) is 2.25. The zero-order valence-electron chi connectivity index (χ0n) is 13.2. The number of rotatable bonds is 6. The molecule has 1 aliphatic heterocycles. The molecule has 0 aliphatic carbocycles. The second-order valence-corrected chi connectivity index (χ2v) is 6.86. The zero-order valence-corrected chi connectivity index (χ0v) is 13.2. The lowest BCUT2D eigenvalue weighted by molar-refractivity contribution is -0.229. The fourth-order valence-corrected chi connectivity index (χ4v) is 2.88. The molecule has 0 radical (unpaired) electrons. The van der Waals surface area contributed by atoms with Crippen LogP contribution in [0.15, 0.2) is 0 Å². The van der Waals surface area contributed by atoms with Gasteiger partial charge in [0.25, 0.3) is 0 Å². The van der Waals surface area contributed by atoms with E-state index in [1.165, 1.54) is 12.8 Å². The van der Waals surface area contributed by atoms with Crippen LogP contribution in [0, 0.1) is 23.2 Å². The van der Waals surface area contributed by atoms with Gasteiger partial charge in [-0.2, -0.15) is 0 Å². The van der Waals surface area contributed by atoms with Gasteiger partial charge in [-0.25, -0.2) is 0 Å². The second-order valence-electron chi connectivity index (χ2n) is 6.86. The number of hydrogen-bond donors (Lipinski definition) is 0. The maximum absolute atomic E-state index is 5.84. The van der Waals surface area contributed by atoms with Crippen molar-refractivity contribution in [2.24, 2.45) is 23.2 Å². The van der Waals surface area contributed by atoms with Gasteiger partial charge in [0, 0.05) is 11.8 Å². The molecular formula is C16H32O2. The van der Waals surface area contributed by atoms with Gasteiger partial charge in [0.05, 0.1) is 13.2 Å². The van der Waals surface area contributed by atoms with Crippen LogP contribution < -0.4 is 0 Å². The van der Waals surface area contributed by atoms with Crippen molar-refractivity contribution in [3.05, 3.63) is 0 Å². The first-order chi connectivity index (χ1) is 8.39. The Bertz CT molecular complexity index is 223. The normalized spacial score (nSPS) is 24.2. The first-order valence-corrected chi connectivity index (χ1v) is 7.62. The molecule has 0 spiro atoms. The zero-order chi connectivity index (χ0) is 13.8. The van der Waals surface area contributed by atoms with E-state index in [9.17, 15) is 0 Å². The van der Waals surface area contributed by atoms with Crippen LogP contribution in [0.1, 0.15) is 60.8 Å². The minimum absolute atomic E-state index is 0.0184. The van der Waals surface area contributed by atoms with Gasteiger partial charge in [-0.1, -0.05) is 54.4 Å². The Labute approximate surface area is 113 Å². The molecule has 2 heteroatoms. The van der Waals surface area contributed by atoms with Gasteiger partial charge in [-0.3, -0.25) is 0 Å². The van der Waals surface area contributed by atoms with Crippen LogP contribution in [-0.2, 0) is 9.47 Å². The quantitative estimate of drug-likeness (QED) is 0.697. The SMILES string of the molecule is CCC(CC)C(C)C(C)CC1OCC(C)(C)CO1. The van der Waals surface area contributed by atoms with Crippen molar-refractivity contribution in [2.75, 3.05) is 13.2 Å². The van der Waals surface area contributed by atoms with Crippen molar-refractivity contribution in [3.63, 3.8) is 0 Å². The highest BCUT2D eigenvalue weighted by atomic mass is 16.7. The van der Waals surface area contributed by atoms with E-state index in [1.54, 1.807) is 0 Å². The van der Waals surface area contributed by atoms with E-state index in [-0.39, 0.29) is 11.7 Å². The third kappa shape index (κ3) is 4.55. The molecule has 2 atom stereocenters. The summed E-state index contributed by atoms with van der Waals surface area (Å²) in [5.41, 5.74) is 0.181. The van der Waals surface area contributed by atoms with Crippen LogP contribution in [0.4, 0.5) is 0 Å². The van der Waals surface area contributed by atoms with Gasteiger partial charge in [0.1, 0.15) is 0 Å². The van der Waals surface area contributed by atoms with E-state index in [4.69, 9.17) is 9.47 Å². The molecular weight excluding hydrogens is 224 g/mol. The van der Waals surface area contributed by atoms with Crippen molar-refractivity contribution in [1.82, 2.24) is 0 Å². The van der Waals surface area contributed by atoms with Gasteiger partial charge in [-0.15, -0.1) is 0 Å². The lowest BCUT2D eigenvalue weighted by Gasteiger charge is -2.37. The Hall–Kier alpha value is -0.0800. The van der Waals surface area contributed by atoms with E-state index in [1.807, 2.05) is 0 Å². The van der Waals surface area contributed by atoms with E-state index in [0.29, 0.717) is 5.92 Å². The molecule has 108 valence electrons. The first kappa shape index (κ1) is 16.0. The lowest BCUT2D eigenvalue weighted by Crippen LogP contribution is -2.39. The predicted octanol–water partition coefficient (Wildman–Crippen LogP) is 4.48. The molecule has 0 aromatic heterocycles. The molecule has 1 rings (SSSR count). The maximum atomic E-state index is 5.84. The molecule has 18 heavy (non-hydrogen) atoms. The smallest absolute Gasteiger partial charge is 0.157 e. The van der Waals surface area contributed by atoms with Gasteiger partial charge < -0.3 is 9.47 Å². The summed E-state index contributed by atoms with van der Waals surface area (Å²) in [7, 11) is 0. The minimum Gasteiger partial charge on any atom is -0.352 e. The molecule has 1 heterocycles. The number of ether oxygens (including phenoxy) is 2. The van der Waals surface area contributed by atoms with Crippen LogP contribution in [-0.4, -0.2) is 19.5 Å². The van der Waals surface area contributed by atoms with Crippen LogP contribution in [0.3, 0.4) is 0 Å². The molecule has 0 N–H and O–H groups in total. The summed E-state index contributed by atoms with van der Waals surface area (Å²) < 4.78 is 11.7. The fourth-order valence-electron chi connectivity index (χ4n) is 2.88. The maximum Gasteiger partial charge on any atom is 0.157 e. The molecule has 1 aliphatic rings. The second kappa shape index (κ2) is 6.91. The average Bonchev–Trinajstić information content (AvgIpc) is 2.33. The highest BCUT2D eigenvalue weighted by molar-refractivity contribution is 4.75. The van der Waals surface area contributed by atoms with E-state index < -0.39 is 0 Å². The number of hydrogen-bond acceptors (Lipinski definition) is 2. The topological polar surface area (TPSA) is 18.5 Å². The monoisotopic (exact) mass is 256 g/mol. The molecule has 1 fully saturated rings. The van der Waals surface area contributed by atoms with E-state index in [0.717, 1.165) is 31.5 Å². The van der Waals surface area contributed by atoms with Gasteiger partial charge in [0.2, 0.25) is 0 Å². The average molecular weight is 256 g/mol. The Morgan fingerprint density at radius 3 is 2.00 bits per heavy atom. The minimum atomic E-state index is 0.0184. The Morgan fingerprint density at radius 1 is 1.06 bits per heavy atom. The van der Waals surface area contributed by atoms with Gasteiger partial charge in [0.15, 0.2) is 6.29 Å². The molecule has 2 unspecified atom stereocenters. The van der Waals surface area contributed by atoms with Crippen LogP contribution in [0.25, 0.3) is 0 Å². The molecule has 1 saturated heterocycles. The van der Waals surface area contributed by atoms with Gasteiger partial charge >= 0.3 is 0 Å². The van der Waals surface area contributed by atoms with Crippen molar-refractivity contribution >= 4 is 0 Å². The molecule has 0 aromatic carbocycles. The third-order valence-electron chi connectivity index (χ3n) is 4.57. The molecule has 0 bridgehead atoms. The Morgan fingerprint density at radius 2 is 1.56 bits per heavy atom. The summed E-state index contributed by atoms with van der Waals surface area (Å²) in [6, 6.07) is 0. The van der Waals surface area contributed by atoms with Crippen LogP contribution in [0.5, 0.6) is 0 Å². The van der Waals surface area contributed by atoms with Gasteiger partial charge in [-0.05, 0) is 17.8 Å². The largest absolute Gasteiger partial charge is 0.352 e. The predicted molar refractivity (Wildman–Crippen MR) is 76.5 cm³/mol. The fraction of sp³-hybridized carbons (Fsp3) is 1.00. The summed E-state index contributed by atoms with van der Waals surface area (Å²) >= 11 is 0. The highest BCUT2D eigenvalue weighted by Crippen LogP contribution is 2.32. The first-order valence-electron chi connectivity index (χ1n) is 7.62. The third-order valence-corrected chi connectivity index (χ3v) is 4.57. The summed E-state index contributed by atoms with van der Waals surface area (Å²) in [4.78, 5) is 0.